The molecule has 1 atom stereocenters. The third kappa shape index (κ3) is 6.22. The van der Waals surface area contributed by atoms with Crippen LogP contribution >= 0.6 is 0 Å². The summed E-state index contributed by atoms with van der Waals surface area (Å²) in [5, 5.41) is 6.23. The Balaban J connectivity index is 1.81. The van der Waals surface area contributed by atoms with Crippen LogP contribution in [0, 0.1) is 0 Å². The first-order valence-electron chi connectivity index (χ1n) is 8.28. The van der Waals surface area contributed by atoms with Gasteiger partial charge in [0.1, 0.15) is 5.76 Å². The van der Waals surface area contributed by atoms with Crippen LogP contribution in [0.25, 0.3) is 0 Å². The fraction of sp³-hybridized carbons (Fsp3) is 0.750. The zero-order chi connectivity index (χ0) is 18.7. The molecule has 1 unspecified atom stereocenters. The molecule has 0 amide bonds. The molecule has 1 fully saturated rings. The van der Waals surface area contributed by atoms with Gasteiger partial charge in [-0.25, -0.2) is 4.98 Å². The number of aromatic nitrogens is 1. The Bertz CT molecular complexity index is 591. The first-order valence-corrected chi connectivity index (χ1v) is 8.28. The lowest BCUT2D eigenvalue weighted by molar-refractivity contribution is -0.143. The molecule has 1 aromatic heterocycles. The summed E-state index contributed by atoms with van der Waals surface area (Å²) in [5.41, 5.74) is -0.114. The Labute approximate surface area is 145 Å². The summed E-state index contributed by atoms with van der Waals surface area (Å²) in [4.78, 5) is 9.73. The maximum absolute atomic E-state index is 12.4. The van der Waals surface area contributed by atoms with Gasteiger partial charge >= 0.3 is 6.18 Å². The van der Waals surface area contributed by atoms with E-state index < -0.39 is 12.7 Å². The molecule has 0 radical (unpaired) electrons. The van der Waals surface area contributed by atoms with E-state index in [9.17, 15) is 13.2 Å². The van der Waals surface area contributed by atoms with Crippen molar-refractivity contribution in [2.75, 3.05) is 26.7 Å². The highest BCUT2D eigenvalue weighted by Gasteiger charge is 2.34. The van der Waals surface area contributed by atoms with E-state index in [4.69, 9.17) is 4.42 Å². The number of guanidine groups is 1. The molecular formula is C16H26F3N5O. The van der Waals surface area contributed by atoms with Gasteiger partial charge in [0.05, 0.1) is 19.3 Å². The topological polar surface area (TPSA) is 65.7 Å². The Hall–Kier alpha value is -1.77. The Morgan fingerprint density at radius 1 is 1.40 bits per heavy atom. The fourth-order valence-corrected chi connectivity index (χ4v) is 2.63. The molecular weight excluding hydrogens is 335 g/mol. The van der Waals surface area contributed by atoms with Crippen molar-refractivity contribution < 1.29 is 17.6 Å². The number of nitrogens with one attached hydrogen (secondary N) is 2. The molecule has 9 heteroatoms. The Morgan fingerprint density at radius 3 is 2.68 bits per heavy atom. The van der Waals surface area contributed by atoms with E-state index in [1.807, 2.05) is 20.8 Å². The van der Waals surface area contributed by atoms with Crippen LogP contribution in [0.3, 0.4) is 0 Å². The normalized spacial score (nSPS) is 20.1. The zero-order valence-corrected chi connectivity index (χ0v) is 15.1. The van der Waals surface area contributed by atoms with Gasteiger partial charge in [-0.15, -0.1) is 0 Å². The first kappa shape index (κ1) is 19.6. The van der Waals surface area contributed by atoms with Gasteiger partial charge in [-0.3, -0.25) is 9.89 Å². The van der Waals surface area contributed by atoms with Crippen molar-refractivity contribution in [3.63, 3.8) is 0 Å². The number of hydrogen-bond acceptors (Lipinski definition) is 4. The highest BCUT2D eigenvalue weighted by Crippen LogP contribution is 2.22. The minimum absolute atomic E-state index is 0.0664. The van der Waals surface area contributed by atoms with Crippen LogP contribution in [0.4, 0.5) is 13.2 Å². The molecule has 6 nitrogen and oxygen atoms in total. The van der Waals surface area contributed by atoms with Crippen molar-refractivity contribution in [2.45, 2.75) is 51.4 Å². The maximum Gasteiger partial charge on any atom is 0.401 e. The van der Waals surface area contributed by atoms with Gasteiger partial charge in [0.25, 0.3) is 0 Å². The molecule has 0 spiro atoms. The van der Waals surface area contributed by atoms with Gasteiger partial charge in [-0.05, 0) is 6.42 Å². The van der Waals surface area contributed by atoms with Gasteiger partial charge in [-0.2, -0.15) is 13.2 Å². The summed E-state index contributed by atoms with van der Waals surface area (Å²) >= 11 is 0. The second-order valence-corrected chi connectivity index (χ2v) is 7.27. The fourth-order valence-electron chi connectivity index (χ4n) is 2.63. The molecule has 0 aromatic carbocycles. The Morgan fingerprint density at radius 2 is 2.12 bits per heavy atom. The molecule has 0 saturated carbocycles. The molecule has 2 heterocycles. The van der Waals surface area contributed by atoms with Crippen molar-refractivity contribution in [3.8, 4) is 0 Å². The molecule has 25 heavy (non-hydrogen) atoms. The average molecular weight is 361 g/mol. The molecule has 2 rings (SSSR count). The van der Waals surface area contributed by atoms with Crippen LogP contribution in [-0.4, -0.2) is 54.7 Å². The quantitative estimate of drug-likeness (QED) is 0.636. The van der Waals surface area contributed by atoms with Crippen LogP contribution < -0.4 is 10.6 Å². The summed E-state index contributed by atoms with van der Waals surface area (Å²) in [6.07, 6.45) is -1.81. The predicted octanol–water partition coefficient (Wildman–Crippen LogP) is 2.27. The van der Waals surface area contributed by atoms with Crippen LogP contribution in [0.2, 0.25) is 0 Å². The standard InChI is InChI=1S/C16H26F3N5O/c1-15(2,3)12-7-21-13(25-12)8-22-14(20-4)23-11-5-6-24(9-11)10-16(17,18)19/h7,11H,5-6,8-10H2,1-4H3,(H2,20,22,23). The summed E-state index contributed by atoms with van der Waals surface area (Å²) in [7, 11) is 1.62. The van der Waals surface area contributed by atoms with Crippen molar-refractivity contribution in [1.29, 1.82) is 0 Å². The van der Waals surface area contributed by atoms with E-state index in [2.05, 4.69) is 20.6 Å². The number of hydrogen-bond donors (Lipinski definition) is 2. The van der Waals surface area contributed by atoms with E-state index in [-0.39, 0.29) is 11.5 Å². The third-order valence-electron chi connectivity index (χ3n) is 3.94. The van der Waals surface area contributed by atoms with E-state index in [0.717, 1.165) is 5.76 Å². The Kier molecular flexibility index (Phi) is 5.97. The SMILES string of the molecule is CN=C(NCc1ncc(C(C)(C)C)o1)NC1CCN(CC(F)(F)F)C1. The third-order valence-corrected chi connectivity index (χ3v) is 3.94. The average Bonchev–Trinajstić information content (AvgIpc) is 3.10. The number of alkyl halides is 3. The minimum atomic E-state index is -4.16. The van der Waals surface area contributed by atoms with E-state index in [1.165, 1.54) is 4.90 Å². The van der Waals surface area contributed by atoms with Gasteiger partial charge in [0.2, 0.25) is 5.89 Å². The van der Waals surface area contributed by atoms with Crippen molar-refractivity contribution in [2.24, 2.45) is 4.99 Å². The van der Waals surface area contributed by atoms with Crippen molar-refractivity contribution in [1.82, 2.24) is 20.5 Å². The van der Waals surface area contributed by atoms with Crippen LogP contribution in [0.5, 0.6) is 0 Å². The maximum atomic E-state index is 12.4. The smallest absolute Gasteiger partial charge is 0.401 e. The number of rotatable bonds is 4. The molecule has 1 saturated heterocycles. The number of aliphatic imine (C=N–C) groups is 1. The highest BCUT2D eigenvalue weighted by atomic mass is 19.4. The molecule has 2 N–H and O–H groups in total. The highest BCUT2D eigenvalue weighted by molar-refractivity contribution is 5.79. The van der Waals surface area contributed by atoms with Gasteiger partial charge in [0.15, 0.2) is 5.96 Å². The molecule has 0 aliphatic carbocycles. The van der Waals surface area contributed by atoms with E-state index >= 15 is 0 Å². The molecule has 1 aliphatic rings. The second-order valence-electron chi connectivity index (χ2n) is 7.27. The largest absolute Gasteiger partial charge is 0.443 e. The van der Waals surface area contributed by atoms with Crippen LogP contribution in [-0.2, 0) is 12.0 Å². The monoisotopic (exact) mass is 361 g/mol. The lowest BCUT2D eigenvalue weighted by Gasteiger charge is -2.19. The van der Waals surface area contributed by atoms with Crippen LogP contribution in [0.15, 0.2) is 15.6 Å². The first-order chi connectivity index (χ1) is 11.6. The molecule has 0 bridgehead atoms. The number of halogens is 3. The van der Waals surface area contributed by atoms with E-state index in [1.54, 1.807) is 13.2 Å². The number of oxazole rings is 1. The summed E-state index contributed by atoms with van der Waals surface area (Å²) in [6.45, 7) is 6.36. The predicted molar refractivity (Wildman–Crippen MR) is 89.4 cm³/mol. The molecule has 1 aromatic rings. The number of likely N-dealkylation sites (tertiary alicyclic amines) is 1. The van der Waals surface area contributed by atoms with Crippen molar-refractivity contribution in [3.05, 3.63) is 17.8 Å². The van der Waals surface area contributed by atoms with Gasteiger partial charge in [-0.1, -0.05) is 20.8 Å². The summed E-state index contributed by atoms with van der Waals surface area (Å²) < 4.78 is 43.0. The van der Waals surface area contributed by atoms with Gasteiger partial charge in [0, 0.05) is 31.6 Å². The lowest BCUT2D eigenvalue weighted by Crippen LogP contribution is -2.44. The summed E-state index contributed by atoms with van der Waals surface area (Å²) in [5.74, 6) is 1.86. The van der Waals surface area contributed by atoms with E-state index in [0.29, 0.717) is 37.9 Å². The minimum Gasteiger partial charge on any atom is -0.443 e. The van der Waals surface area contributed by atoms with Gasteiger partial charge < -0.3 is 15.1 Å². The number of nitrogens with zero attached hydrogens (tertiary/aromatic N) is 3. The van der Waals surface area contributed by atoms with Crippen LogP contribution in [0.1, 0.15) is 38.8 Å². The second kappa shape index (κ2) is 7.63. The lowest BCUT2D eigenvalue weighted by atomic mass is 9.94. The zero-order valence-electron chi connectivity index (χ0n) is 15.1. The summed E-state index contributed by atoms with van der Waals surface area (Å²) in [6, 6.07) is -0.0664. The molecule has 1 aliphatic heterocycles. The molecule has 142 valence electrons. The van der Waals surface area contributed by atoms with Crippen molar-refractivity contribution >= 4 is 5.96 Å².